The summed E-state index contributed by atoms with van der Waals surface area (Å²) in [6.07, 6.45) is -0.503. The highest BCUT2D eigenvalue weighted by Crippen LogP contribution is 2.35. The van der Waals surface area contributed by atoms with E-state index < -0.39 is 16.2 Å². The molecular formula is C9H14O5S2. The Morgan fingerprint density at radius 1 is 1.50 bits per heavy atom. The van der Waals surface area contributed by atoms with Crippen molar-refractivity contribution in [2.75, 3.05) is 19.5 Å². The second kappa shape index (κ2) is 5.03. The largest absolute Gasteiger partial charge is 0.485 e. The highest BCUT2D eigenvalue weighted by molar-refractivity contribution is 7.86. The molecule has 1 aromatic rings. The molecule has 0 saturated heterocycles. The summed E-state index contributed by atoms with van der Waals surface area (Å²) in [6, 6.07) is 0. The van der Waals surface area contributed by atoms with Gasteiger partial charge in [-0.3, -0.25) is 4.18 Å². The topological polar surface area (TPSA) is 61.8 Å². The predicted molar refractivity (Wildman–Crippen MR) is 61.8 cm³/mol. The Balaban J connectivity index is 0.00000128. The minimum Gasteiger partial charge on any atom is -0.485 e. The molecule has 0 N–H and O–H groups in total. The minimum atomic E-state index is -3.51. The van der Waals surface area contributed by atoms with Gasteiger partial charge in [0.05, 0.1) is 7.11 Å². The van der Waals surface area contributed by atoms with Crippen molar-refractivity contribution in [2.24, 2.45) is 0 Å². The third kappa shape index (κ3) is 2.87. The average molecular weight is 266 g/mol. The molecule has 7 heteroatoms. The maximum atomic E-state index is 11.2. The molecule has 92 valence electrons. The Kier molecular flexibility index (Phi) is 4.17. The normalized spacial score (nSPS) is 18.9. The second-order valence-corrected chi connectivity index (χ2v) is 5.57. The maximum Gasteiger partial charge on any atom is 0.270 e. The van der Waals surface area contributed by atoms with Crippen LogP contribution in [0.5, 0.6) is 11.5 Å². The first kappa shape index (κ1) is 13.3. The molecule has 0 amide bonds. The Labute approximate surface area is 99.1 Å². The maximum absolute atomic E-state index is 11.2. The van der Waals surface area contributed by atoms with Crippen LogP contribution < -0.4 is 9.47 Å². The molecule has 0 aliphatic carbocycles. The molecule has 0 fully saturated rings. The first-order valence-corrected chi connectivity index (χ1v) is 6.76. The molecule has 2 heterocycles. The van der Waals surface area contributed by atoms with Gasteiger partial charge in [-0.2, -0.15) is 8.42 Å². The summed E-state index contributed by atoms with van der Waals surface area (Å²) in [5.41, 5.74) is 0. The van der Waals surface area contributed by atoms with E-state index in [1.807, 2.05) is 5.38 Å². The van der Waals surface area contributed by atoms with Gasteiger partial charge in [0, 0.05) is 10.8 Å². The first-order chi connectivity index (χ1) is 7.11. The van der Waals surface area contributed by atoms with Gasteiger partial charge in [0.2, 0.25) is 0 Å². The highest BCUT2D eigenvalue weighted by Gasteiger charge is 2.26. The van der Waals surface area contributed by atoms with E-state index in [9.17, 15) is 8.42 Å². The van der Waals surface area contributed by atoms with Crippen LogP contribution in [0.25, 0.3) is 0 Å². The van der Waals surface area contributed by atoms with E-state index in [4.69, 9.17) is 9.47 Å². The number of hydrogen-bond acceptors (Lipinski definition) is 6. The Hall–Kier alpha value is -0.790. The van der Waals surface area contributed by atoms with Gasteiger partial charge in [0.1, 0.15) is 18.5 Å². The van der Waals surface area contributed by atoms with Crippen LogP contribution in [0, 0.1) is 0 Å². The van der Waals surface area contributed by atoms with Crippen molar-refractivity contribution in [1.29, 1.82) is 0 Å². The molecule has 1 aliphatic rings. The van der Waals surface area contributed by atoms with Gasteiger partial charge in [0.15, 0.2) is 11.5 Å². The van der Waals surface area contributed by atoms with E-state index in [-0.39, 0.29) is 19.8 Å². The van der Waals surface area contributed by atoms with E-state index in [0.29, 0.717) is 11.5 Å². The second-order valence-electron chi connectivity index (χ2n) is 3.04. The van der Waals surface area contributed by atoms with Crippen LogP contribution >= 0.6 is 11.3 Å². The van der Waals surface area contributed by atoms with Crippen molar-refractivity contribution in [2.45, 2.75) is 13.5 Å². The fourth-order valence-corrected chi connectivity index (χ4v) is 2.67. The predicted octanol–water partition coefficient (Wildman–Crippen LogP) is 1.50. The lowest BCUT2D eigenvalue weighted by atomic mass is 10.4. The zero-order chi connectivity index (χ0) is 10.9. The van der Waals surface area contributed by atoms with Gasteiger partial charge in [-0.15, -0.1) is 11.3 Å². The molecular weight excluding hydrogens is 252 g/mol. The molecule has 1 unspecified atom stereocenters. The fourth-order valence-electron chi connectivity index (χ4n) is 1.24. The molecule has 0 bridgehead atoms. The summed E-state index contributed by atoms with van der Waals surface area (Å²) in [7, 11) is -2.37. The lowest BCUT2D eigenvalue weighted by Crippen LogP contribution is -2.35. The van der Waals surface area contributed by atoms with Crippen LogP contribution in [-0.4, -0.2) is 34.0 Å². The number of hydrogen-bond donors (Lipinski definition) is 0. The standard InChI is InChI=1S/C8H10O5S2.CH4/c1-11-15(9,10)5-6-2-12-7-3-14-4-8(7)13-6;/h3-4,6H,2,5H2,1H3;1H4. The summed E-state index contributed by atoms with van der Waals surface area (Å²) in [5, 5.41) is 3.59. The quantitative estimate of drug-likeness (QED) is 0.776. The first-order valence-electron chi connectivity index (χ1n) is 4.24. The van der Waals surface area contributed by atoms with Crippen LogP contribution in [0.4, 0.5) is 0 Å². The molecule has 2 rings (SSSR count). The van der Waals surface area contributed by atoms with Crippen LogP contribution in [-0.2, 0) is 14.3 Å². The van der Waals surface area contributed by atoms with E-state index in [0.717, 1.165) is 7.11 Å². The Bertz CT molecular complexity index is 437. The highest BCUT2D eigenvalue weighted by atomic mass is 32.2. The summed E-state index contributed by atoms with van der Waals surface area (Å²) >= 11 is 1.45. The summed E-state index contributed by atoms with van der Waals surface area (Å²) in [6.45, 7) is 0.228. The molecule has 5 nitrogen and oxygen atoms in total. The lowest BCUT2D eigenvalue weighted by molar-refractivity contribution is 0.106. The van der Waals surface area contributed by atoms with Crippen molar-refractivity contribution >= 4 is 21.5 Å². The molecule has 16 heavy (non-hydrogen) atoms. The number of fused-ring (bicyclic) bond motifs is 1. The van der Waals surface area contributed by atoms with Crippen molar-refractivity contribution in [3.05, 3.63) is 10.8 Å². The van der Waals surface area contributed by atoms with Crippen LogP contribution in [0.2, 0.25) is 0 Å². The zero-order valence-corrected chi connectivity index (χ0v) is 9.64. The van der Waals surface area contributed by atoms with Crippen molar-refractivity contribution in [3.8, 4) is 11.5 Å². The molecule has 1 atom stereocenters. The van der Waals surface area contributed by atoms with E-state index >= 15 is 0 Å². The summed E-state index contributed by atoms with van der Waals surface area (Å²) in [4.78, 5) is 0. The number of ether oxygens (including phenoxy) is 2. The fraction of sp³-hybridized carbons (Fsp3) is 0.556. The SMILES string of the molecule is C.COS(=O)(=O)CC1COc2cscc2O1. The smallest absolute Gasteiger partial charge is 0.270 e. The molecule has 1 aromatic heterocycles. The van der Waals surface area contributed by atoms with Gasteiger partial charge < -0.3 is 9.47 Å². The van der Waals surface area contributed by atoms with Gasteiger partial charge >= 0.3 is 0 Å². The van der Waals surface area contributed by atoms with Gasteiger partial charge in [-0.05, 0) is 0 Å². The summed E-state index contributed by atoms with van der Waals surface area (Å²) < 4.78 is 37.4. The van der Waals surface area contributed by atoms with Gasteiger partial charge in [-0.25, -0.2) is 0 Å². The molecule has 0 spiro atoms. The average Bonchev–Trinajstić information content (AvgIpc) is 2.64. The third-order valence-corrected chi connectivity index (χ3v) is 3.94. The number of thiophene rings is 1. The molecule has 0 aromatic carbocycles. The van der Waals surface area contributed by atoms with Gasteiger partial charge in [-0.1, -0.05) is 7.43 Å². The molecule has 0 radical (unpaired) electrons. The minimum absolute atomic E-state index is 0. The zero-order valence-electron chi connectivity index (χ0n) is 8.00. The van der Waals surface area contributed by atoms with E-state index in [1.54, 1.807) is 5.38 Å². The lowest BCUT2D eigenvalue weighted by Gasteiger charge is -2.23. The van der Waals surface area contributed by atoms with Crippen molar-refractivity contribution < 1.29 is 22.1 Å². The van der Waals surface area contributed by atoms with Crippen LogP contribution in [0.3, 0.4) is 0 Å². The van der Waals surface area contributed by atoms with Gasteiger partial charge in [0.25, 0.3) is 10.1 Å². The van der Waals surface area contributed by atoms with Crippen molar-refractivity contribution in [1.82, 2.24) is 0 Å². The molecule has 1 aliphatic heterocycles. The van der Waals surface area contributed by atoms with Crippen LogP contribution in [0.15, 0.2) is 10.8 Å². The number of rotatable bonds is 3. The Morgan fingerprint density at radius 3 is 2.88 bits per heavy atom. The third-order valence-electron chi connectivity index (χ3n) is 1.96. The monoisotopic (exact) mass is 266 g/mol. The van der Waals surface area contributed by atoms with E-state index in [1.165, 1.54) is 11.3 Å². The Morgan fingerprint density at radius 2 is 2.19 bits per heavy atom. The molecule has 0 saturated carbocycles. The van der Waals surface area contributed by atoms with E-state index in [2.05, 4.69) is 4.18 Å². The summed E-state index contributed by atoms with van der Waals surface area (Å²) in [5.74, 6) is 1.08. The van der Waals surface area contributed by atoms with Crippen molar-refractivity contribution in [3.63, 3.8) is 0 Å². The van der Waals surface area contributed by atoms with Crippen LogP contribution in [0.1, 0.15) is 7.43 Å².